The third-order valence-electron chi connectivity index (χ3n) is 4.93. The predicted octanol–water partition coefficient (Wildman–Crippen LogP) is 6.85. The van der Waals surface area contributed by atoms with Gasteiger partial charge in [0.05, 0.1) is 5.69 Å². The number of hydrogen-bond donors (Lipinski definition) is 1. The molecule has 3 aromatic carbocycles. The summed E-state index contributed by atoms with van der Waals surface area (Å²) in [5.74, 6) is 1.10. The number of aliphatic imine (C=N–C) groups is 1. The first-order chi connectivity index (χ1) is 12.4. The van der Waals surface area contributed by atoms with Gasteiger partial charge in [-0.3, -0.25) is 4.99 Å². The maximum Gasteiger partial charge on any atom is 0.132 e. The molecule has 0 saturated carbocycles. The number of para-hydroxylation sites is 1. The van der Waals surface area contributed by atoms with Gasteiger partial charge in [0.25, 0.3) is 0 Å². The van der Waals surface area contributed by atoms with E-state index in [2.05, 4.69) is 45.9 Å². The van der Waals surface area contributed by atoms with Gasteiger partial charge in [-0.15, -0.1) is 0 Å². The van der Waals surface area contributed by atoms with Gasteiger partial charge in [0.2, 0.25) is 0 Å². The number of rotatable bonds is 4. The Bertz CT molecular complexity index is 941. The molecule has 2 nitrogen and oxygen atoms in total. The van der Waals surface area contributed by atoms with Gasteiger partial charge >= 0.3 is 0 Å². The molecule has 1 N–H and O–H groups in total. The summed E-state index contributed by atoms with van der Waals surface area (Å²) in [6.45, 7) is 10.8. The number of phenolic OH excluding ortho intramolecular Hbond substituents is 1. The molecule has 0 amide bonds. The van der Waals surface area contributed by atoms with Gasteiger partial charge in [-0.05, 0) is 46.9 Å². The molecular formula is C24H27NO. The van der Waals surface area contributed by atoms with Gasteiger partial charge in [0.1, 0.15) is 5.75 Å². The number of benzene rings is 3. The highest BCUT2D eigenvalue weighted by Gasteiger charge is 2.13. The van der Waals surface area contributed by atoms with Crippen LogP contribution in [0.15, 0.2) is 53.5 Å². The molecular weight excluding hydrogens is 318 g/mol. The molecule has 0 saturated heterocycles. The summed E-state index contributed by atoms with van der Waals surface area (Å²) in [6.07, 6.45) is 1.80. The van der Waals surface area contributed by atoms with Crippen molar-refractivity contribution in [1.82, 2.24) is 0 Å². The van der Waals surface area contributed by atoms with E-state index in [1.165, 1.54) is 11.1 Å². The van der Waals surface area contributed by atoms with E-state index in [4.69, 9.17) is 4.99 Å². The van der Waals surface area contributed by atoms with E-state index in [1.54, 1.807) is 6.21 Å². The minimum Gasteiger partial charge on any atom is -0.507 e. The Hall–Kier alpha value is -2.61. The van der Waals surface area contributed by atoms with Crippen LogP contribution in [0.25, 0.3) is 10.8 Å². The van der Waals surface area contributed by atoms with Crippen molar-refractivity contribution in [3.8, 4) is 5.75 Å². The van der Waals surface area contributed by atoms with Crippen molar-refractivity contribution in [3.05, 3.63) is 70.8 Å². The van der Waals surface area contributed by atoms with E-state index in [-0.39, 0.29) is 0 Å². The predicted molar refractivity (Wildman–Crippen MR) is 112 cm³/mol. The smallest absolute Gasteiger partial charge is 0.132 e. The average molecular weight is 345 g/mol. The topological polar surface area (TPSA) is 32.6 Å². The van der Waals surface area contributed by atoms with E-state index >= 15 is 0 Å². The van der Waals surface area contributed by atoms with Crippen LogP contribution >= 0.6 is 0 Å². The van der Waals surface area contributed by atoms with E-state index in [9.17, 15) is 5.11 Å². The van der Waals surface area contributed by atoms with Gasteiger partial charge in [-0.1, -0.05) is 70.2 Å². The second-order valence-corrected chi connectivity index (χ2v) is 7.53. The third kappa shape index (κ3) is 3.37. The molecule has 0 fully saturated rings. The molecule has 0 heterocycles. The van der Waals surface area contributed by atoms with Crippen LogP contribution in [0, 0.1) is 6.92 Å². The lowest BCUT2D eigenvalue weighted by atomic mass is 9.93. The maximum atomic E-state index is 10.8. The lowest BCUT2D eigenvalue weighted by molar-refractivity contribution is 0.480. The molecule has 3 rings (SSSR count). The molecule has 26 heavy (non-hydrogen) atoms. The van der Waals surface area contributed by atoms with Crippen molar-refractivity contribution in [2.75, 3.05) is 0 Å². The number of phenols is 1. The Morgan fingerprint density at radius 2 is 1.46 bits per heavy atom. The molecule has 0 radical (unpaired) electrons. The Labute approximate surface area is 156 Å². The molecule has 0 bridgehead atoms. The molecule has 0 aliphatic rings. The summed E-state index contributed by atoms with van der Waals surface area (Å²) < 4.78 is 0. The highest BCUT2D eigenvalue weighted by atomic mass is 16.3. The van der Waals surface area contributed by atoms with Gasteiger partial charge < -0.3 is 5.11 Å². The van der Waals surface area contributed by atoms with Crippen molar-refractivity contribution in [2.24, 2.45) is 4.99 Å². The van der Waals surface area contributed by atoms with Crippen LogP contribution in [-0.2, 0) is 0 Å². The van der Waals surface area contributed by atoms with Crippen LogP contribution in [0.4, 0.5) is 5.69 Å². The van der Waals surface area contributed by atoms with Crippen molar-refractivity contribution in [3.63, 3.8) is 0 Å². The monoisotopic (exact) mass is 345 g/mol. The van der Waals surface area contributed by atoms with Crippen LogP contribution in [0.1, 0.15) is 61.8 Å². The van der Waals surface area contributed by atoms with Crippen molar-refractivity contribution in [1.29, 1.82) is 0 Å². The van der Waals surface area contributed by atoms with Crippen molar-refractivity contribution >= 4 is 22.7 Å². The molecule has 2 heteroatoms. The highest BCUT2D eigenvalue weighted by Crippen LogP contribution is 2.35. The fraction of sp³-hybridized carbons (Fsp3) is 0.292. The van der Waals surface area contributed by atoms with Crippen molar-refractivity contribution in [2.45, 2.75) is 46.5 Å². The minimum absolute atomic E-state index is 0.303. The van der Waals surface area contributed by atoms with Gasteiger partial charge in [0.15, 0.2) is 0 Å². The first-order valence-electron chi connectivity index (χ1n) is 9.28. The molecule has 3 aromatic rings. The summed E-state index contributed by atoms with van der Waals surface area (Å²) in [4.78, 5) is 4.83. The zero-order valence-corrected chi connectivity index (χ0v) is 16.2. The van der Waals surface area contributed by atoms with Crippen LogP contribution in [0.5, 0.6) is 5.75 Å². The van der Waals surface area contributed by atoms with Crippen LogP contribution in [-0.4, -0.2) is 11.3 Å². The van der Waals surface area contributed by atoms with Crippen LogP contribution < -0.4 is 0 Å². The number of nitrogens with zero attached hydrogens (tertiary/aromatic N) is 1. The quantitative estimate of drug-likeness (QED) is 0.515. The molecule has 0 aromatic heterocycles. The second kappa shape index (κ2) is 7.33. The van der Waals surface area contributed by atoms with Crippen LogP contribution in [0.2, 0.25) is 0 Å². The Balaban J connectivity index is 2.13. The fourth-order valence-corrected chi connectivity index (χ4v) is 3.45. The molecule has 0 unspecified atom stereocenters. The number of hydrogen-bond acceptors (Lipinski definition) is 2. The number of aryl methyl sites for hydroxylation is 1. The van der Waals surface area contributed by atoms with Gasteiger partial charge in [-0.25, -0.2) is 0 Å². The van der Waals surface area contributed by atoms with E-state index in [1.807, 2.05) is 37.3 Å². The number of fused-ring (bicyclic) bond motifs is 1. The standard InChI is InChI=1S/C24H27NO/c1-15(2)20-10-7-11-21(16(3)4)23(20)25-14-19-13-12-18-9-6-8-17(5)22(18)24(19)26/h6-16,26H,1-5H3. The maximum absolute atomic E-state index is 10.8. The first kappa shape index (κ1) is 18.2. The number of aromatic hydroxyl groups is 1. The Morgan fingerprint density at radius 1 is 0.846 bits per heavy atom. The normalized spacial score (nSPS) is 12.0. The van der Waals surface area contributed by atoms with Gasteiger partial charge in [0, 0.05) is 17.2 Å². The summed E-state index contributed by atoms with van der Waals surface area (Å²) in [5.41, 5.74) is 5.33. The first-order valence-corrected chi connectivity index (χ1v) is 9.28. The second-order valence-electron chi connectivity index (χ2n) is 7.53. The Kier molecular flexibility index (Phi) is 5.13. The fourth-order valence-electron chi connectivity index (χ4n) is 3.45. The summed E-state index contributed by atoms with van der Waals surface area (Å²) in [7, 11) is 0. The lowest BCUT2D eigenvalue weighted by Crippen LogP contribution is -1.96. The van der Waals surface area contributed by atoms with E-state index in [0.29, 0.717) is 17.6 Å². The SMILES string of the molecule is Cc1cccc2ccc(C=Nc3c(C(C)C)cccc3C(C)C)c(O)c12. The minimum atomic E-state index is 0.303. The third-order valence-corrected chi connectivity index (χ3v) is 4.93. The molecule has 134 valence electrons. The average Bonchev–Trinajstić information content (AvgIpc) is 2.60. The lowest BCUT2D eigenvalue weighted by Gasteiger charge is -2.16. The Morgan fingerprint density at radius 3 is 2.08 bits per heavy atom. The van der Waals surface area contributed by atoms with Crippen LogP contribution in [0.3, 0.4) is 0 Å². The summed E-state index contributed by atoms with van der Waals surface area (Å²) >= 11 is 0. The largest absolute Gasteiger partial charge is 0.507 e. The summed E-state index contributed by atoms with van der Waals surface area (Å²) in [5, 5.41) is 12.7. The zero-order chi connectivity index (χ0) is 18.8. The molecule has 0 atom stereocenters. The zero-order valence-electron chi connectivity index (χ0n) is 16.2. The van der Waals surface area contributed by atoms with Crippen molar-refractivity contribution < 1.29 is 5.11 Å². The summed E-state index contributed by atoms with van der Waals surface area (Å²) in [6, 6.07) is 16.4. The molecule has 0 spiro atoms. The molecule has 0 aliphatic heterocycles. The highest BCUT2D eigenvalue weighted by molar-refractivity contribution is 5.99. The molecule has 0 aliphatic carbocycles. The van der Waals surface area contributed by atoms with E-state index < -0.39 is 0 Å². The van der Waals surface area contributed by atoms with E-state index in [0.717, 1.165) is 27.6 Å². The van der Waals surface area contributed by atoms with Gasteiger partial charge in [-0.2, -0.15) is 0 Å².